The van der Waals surface area contributed by atoms with Crippen LogP contribution in [-0.4, -0.2) is 22.6 Å². The standard InChI is InChI=1S/C16H25N3/c1-16(6-7-17-10-16)15-8-18-11-19(15)9-14(12-2-3-12)13-4-5-13/h8,11-14,17H,2-7,9-10H2,1H3. The Morgan fingerprint density at radius 1 is 1.37 bits per heavy atom. The van der Waals surface area contributed by atoms with Crippen LogP contribution in [0.15, 0.2) is 12.5 Å². The van der Waals surface area contributed by atoms with E-state index in [0.717, 1.165) is 30.8 Å². The SMILES string of the molecule is CC1(c2cncn2CC(C2CC2)C2CC2)CCNC1. The second-order valence-corrected chi connectivity index (χ2v) is 7.26. The van der Waals surface area contributed by atoms with Gasteiger partial charge in [-0.25, -0.2) is 4.98 Å². The summed E-state index contributed by atoms with van der Waals surface area (Å²) in [6, 6.07) is 0. The van der Waals surface area contributed by atoms with E-state index in [0.29, 0.717) is 5.41 Å². The fraction of sp³-hybridized carbons (Fsp3) is 0.812. The number of nitrogens with one attached hydrogen (secondary N) is 1. The van der Waals surface area contributed by atoms with Crippen LogP contribution >= 0.6 is 0 Å². The summed E-state index contributed by atoms with van der Waals surface area (Å²) in [6.07, 6.45) is 11.3. The van der Waals surface area contributed by atoms with Crippen molar-refractivity contribution < 1.29 is 0 Å². The molecule has 0 bridgehead atoms. The van der Waals surface area contributed by atoms with Gasteiger partial charge in [-0.1, -0.05) is 6.92 Å². The molecule has 2 saturated carbocycles. The zero-order chi connectivity index (χ0) is 12.9. The van der Waals surface area contributed by atoms with Crippen molar-refractivity contribution in [1.82, 2.24) is 14.9 Å². The average molecular weight is 259 g/mol. The molecule has 2 aliphatic carbocycles. The normalized spacial score (nSPS) is 31.3. The zero-order valence-corrected chi connectivity index (χ0v) is 11.9. The Morgan fingerprint density at radius 3 is 2.68 bits per heavy atom. The third-order valence-corrected chi connectivity index (χ3v) is 5.56. The molecule has 1 atom stereocenters. The monoisotopic (exact) mass is 259 g/mol. The van der Waals surface area contributed by atoms with Gasteiger partial charge in [0.05, 0.1) is 6.33 Å². The van der Waals surface area contributed by atoms with Crippen LogP contribution in [0.5, 0.6) is 0 Å². The smallest absolute Gasteiger partial charge is 0.0948 e. The maximum Gasteiger partial charge on any atom is 0.0948 e. The molecule has 104 valence electrons. The Labute approximate surface area is 115 Å². The van der Waals surface area contributed by atoms with Crippen molar-refractivity contribution in [3.05, 3.63) is 18.2 Å². The highest BCUT2D eigenvalue weighted by molar-refractivity contribution is 5.17. The minimum Gasteiger partial charge on any atom is -0.334 e. The van der Waals surface area contributed by atoms with Gasteiger partial charge in [-0.3, -0.25) is 0 Å². The molecule has 0 amide bonds. The third-order valence-electron chi connectivity index (χ3n) is 5.56. The Balaban J connectivity index is 1.56. The highest BCUT2D eigenvalue weighted by Gasteiger charge is 2.42. The Kier molecular flexibility index (Phi) is 2.73. The van der Waals surface area contributed by atoms with Crippen molar-refractivity contribution in [2.24, 2.45) is 17.8 Å². The first-order valence-electron chi connectivity index (χ1n) is 7.98. The molecule has 3 fully saturated rings. The second-order valence-electron chi connectivity index (χ2n) is 7.26. The van der Waals surface area contributed by atoms with Crippen LogP contribution in [0.1, 0.15) is 44.7 Å². The summed E-state index contributed by atoms with van der Waals surface area (Å²) in [7, 11) is 0. The summed E-state index contributed by atoms with van der Waals surface area (Å²) in [5.41, 5.74) is 1.76. The molecule has 3 aliphatic rings. The minimum atomic E-state index is 0.300. The number of nitrogens with zero attached hydrogens (tertiary/aromatic N) is 2. The van der Waals surface area contributed by atoms with E-state index in [-0.39, 0.29) is 0 Å². The van der Waals surface area contributed by atoms with Gasteiger partial charge in [-0.05, 0) is 56.4 Å². The van der Waals surface area contributed by atoms with Crippen LogP contribution in [0.25, 0.3) is 0 Å². The van der Waals surface area contributed by atoms with Crippen molar-refractivity contribution in [3.8, 4) is 0 Å². The molecule has 0 spiro atoms. The molecule has 0 radical (unpaired) electrons. The molecule has 19 heavy (non-hydrogen) atoms. The van der Waals surface area contributed by atoms with E-state index in [1.54, 1.807) is 0 Å². The maximum atomic E-state index is 4.46. The van der Waals surface area contributed by atoms with Gasteiger partial charge in [0.25, 0.3) is 0 Å². The van der Waals surface area contributed by atoms with E-state index in [9.17, 15) is 0 Å². The van der Waals surface area contributed by atoms with Gasteiger partial charge in [0.2, 0.25) is 0 Å². The maximum absolute atomic E-state index is 4.46. The summed E-state index contributed by atoms with van der Waals surface area (Å²) in [6.45, 7) is 5.87. The quantitative estimate of drug-likeness (QED) is 0.881. The third kappa shape index (κ3) is 2.22. The molecule has 1 unspecified atom stereocenters. The fourth-order valence-electron chi connectivity index (χ4n) is 3.96. The summed E-state index contributed by atoms with van der Waals surface area (Å²) in [4.78, 5) is 4.46. The molecule has 1 aromatic heterocycles. The average Bonchev–Trinajstić information content (AvgIpc) is 3.32. The highest BCUT2D eigenvalue weighted by Crippen LogP contribution is 2.50. The zero-order valence-electron chi connectivity index (χ0n) is 11.9. The van der Waals surface area contributed by atoms with E-state index >= 15 is 0 Å². The second kappa shape index (κ2) is 4.34. The molecular weight excluding hydrogens is 234 g/mol. The number of rotatable bonds is 5. The summed E-state index contributed by atoms with van der Waals surface area (Å²) in [5.74, 6) is 2.99. The van der Waals surface area contributed by atoms with E-state index in [4.69, 9.17) is 0 Å². The minimum absolute atomic E-state index is 0.300. The van der Waals surface area contributed by atoms with Gasteiger partial charge >= 0.3 is 0 Å². The first-order chi connectivity index (χ1) is 9.26. The van der Waals surface area contributed by atoms with Crippen LogP contribution in [0.2, 0.25) is 0 Å². The summed E-state index contributed by atoms with van der Waals surface area (Å²) < 4.78 is 2.48. The van der Waals surface area contributed by atoms with Gasteiger partial charge in [0, 0.05) is 30.4 Å². The molecule has 1 N–H and O–H groups in total. The summed E-state index contributed by atoms with van der Waals surface area (Å²) in [5, 5.41) is 3.51. The Morgan fingerprint density at radius 2 is 2.11 bits per heavy atom. The van der Waals surface area contributed by atoms with Gasteiger partial charge in [0.1, 0.15) is 0 Å². The van der Waals surface area contributed by atoms with E-state index < -0.39 is 0 Å². The van der Waals surface area contributed by atoms with Crippen LogP contribution < -0.4 is 5.32 Å². The molecule has 3 nitrogen and oxygen atoms in total. The van der Waals surface area contributed by atoms with Crippen molar-refractivity contribution in [1.29, 1.82) is 0 Å². The van der Waals surface area contributed by atoms with Crippen molar-refractivity contribution in [3.63, 3.8) is 0 Å². The highest BCUT2D eigenvalue weighted by atomic mass is 15.1. The van der Waals surface area contributed by atoms with Crippen LogP contribution in [0.3, 0.4) is 0 Å². The van der Waals surface area contributed by atoms with E-state index in [2.05, 4.69) is 34.3 Å². The van der Waals surface area contributed by atoms with Gasteiger partial charge in [-0.15, -0.1) is 0 Å². The molecule has 1 aliphatic heterocycles. The lowest BCUT2D eigenvalue weighted by atomic mass is 9.86. The predicted octanol–water partition coefficient (Wildman–Crippen LogP) is 2.57. The first kappa shape index (κ1) is 12.0. The first-order valence-corrected chi connectivity index (χ1v) is 7.98. The van der Waals surface area contributed by atoms with Crippen molar-refractivity contribution >= 4 is 0 Å². The molecule has 2 heterocycles. The topological polar surface area (TPSA) is 29.9 Å². The van der Waals surface area contributed by atoms with E-state index in [1.165, 1.54) is 44.3 Å². The van der Waals surface area contributed by atoms with Crippen molar-refractivity contribution in [2.45, 2.75) is 51.0 Å². The number of hydrogen-bond acceptors (Lipinski definition) is 2. The largest absolute Gasteiger partial charge is 0.334 e. The molecule has 1 aromatic rings. The molecule has 4 rings (SSSR count). The molecule has 0 aromatic carbocycles. The molecule has 3 heteroatoms. The van der Waals surface area contributed by atoms with E-state index in [1.807, 2.05) is 0 Å². The van der Waals surface area contributed by atoms with Gasteiger partial charge < -0.3 is 9.88 Å². The number of hydrogen-bond donors (Lipinski definition) is 1. The lowest BCUT2D eigenvalue weighted by Gasteiger charge is -2.26. The van der Waals surface area contributed by atoms with Crippen LogP contribution in [0.4, 0.5) is 0 Å². The lowest BCUT2D eigenvalue weighted by Crippen LogP contribution is -2.29. The van der Waals surface area contributed by atoms with Crippen molar-refractivity contribution in [2.75, 3.05) is 13.1 Å². The molecular formula is C16H25N3. The number of aromatic nitrogens is 2. The summed E-state index contributed by atoms with van der Waals surface area (Å²) >= 11 is 0. The predicted molar refractivity (Wildman–Crippen MR) is 76.0 cm³/mol. The van der Waals surface area contributed by atoms with Crippen LogP contribution in [-0.2, 0) is 12.0 Å². The Bertz CT molecular complexity index is 438. The molecule has 1 saturated heterocycles. The number of imidazole rings is 1. The van der Waals surface area contributed by atoms with Gasteiger partial charge in [-0.2, -0.15) is 0 Å². The Hall–Kier alpha value is -0.830. The van der Waals surface area contributed by atoms with Crippen LogP contribution in [0, 0.1) is 17.8 Å². The lowest BCUT2D eigenvalue weighted by molar-refractivity contribution is 0.333. The fourth-order valence-corrected chi connectivity index (χ4v) is 3.96. The van der Waals surface area contributed by atoms with Gasteiger partial charge in [0.15, 0.2) is 0 Å².